The van der Waals surface area contributed by atoms with Crippen molar-refractivity contribution in [3.63, 3.8) is 0 Å². The molecule has 3 amide bonds. The third-order valence-corrected chi connectivity index (χ3v) is 5.55. The second-order valence-corrected chi connectivity index (χ2v) is 7.98. The second-order valence-electron chi connectivity index (χ2n) is 7.98. The summed E-state index contributed by atoms with van der Waals surface area (Å²) >= 11 is 0. The molecule has 2 N–H and O–H groups in total. The summed E-state index contributed by atoms with van der Waals surface area (Å²) in [6.07, 6.45) is 0.253. The van der Waals surface area contributed by atoms with E-state index in [9.17, 15) is 14.0 Å². The Morgan fingerprint density at radius 1 is 0.938 bits per heavy atom. The molecular weight excluding hydrogens is 409 g/mol. The zero-order chi connectivity index (χ0) is 22.8. The summed E-state index contributed by atoms with van der Waals surface area (Å²) < 4.78 is 13.1. The maximum atomic E-state index is 13.1. The van der Waals surface area contributed by atoms with Crippen LogP contribution in [0.3, 0.4) is 0 Å². The van der Waals surface area contributed by atoms with Crippen LogP contribution in [0.2, 0.25) is 0 Å². The van der Waals surface area contributed by atoms with Crippen LogP contribution >= 0.6 is 0 Å². The van der Waals surface area contributed by atoms with Crippen molar-refractivity contribution < 1.29 is 14.0 Å². The Morgan fingerprint density at radius 3 is 2.31 bits per heavy atom. The Labute approximate surface area is 189 Å². The van der Waals surface area contributed by atoms with E-state index in [4.69, 9.17) is 0 Å². The van der Waals surface area contributed by atoms with Crippen LogP contribution in [0.25, 0.3) is 0 Å². The van der Waals surface area contributed by atoms with Gasteiger partial charge in [0.25, 0.3) is 0 Å². The van der Waals surface area contributed by atoms with Gasteiger partial charge in [-0.25, -0.2) is 9.18 Å². The van der Waals surface area contributed by atoms with E-state index in [0.29, 0.717) is 19.6 Å². The minimum atomic E-state index is -0.220. The number of rotatable bonds is 9. The number of piperazine rings is 1. The highest BCUT2D eigenvalue weighted by molar-refractivity contribution is 5.78. The number of hydrogen-bond donors (Lipinski definition) is 2. The Kier molecular flexibility index (Phi) is 8.86. The van der Waals surface area contributed by atoms with Gasteiger partial charge in [0.05, 0.1) is 0 Å². The standard InChI is InChI=1S/C24H32FN5O2/c1-28(19-20-5-3-2-4-6-20)24(32)27-12-11-23(31)26-13-14-29-15-17-30(18-16-29)22-9-7-21(25)8-10-22/h2-10H,11-19H2,1H3,(H,26,31)(H,27,32). The molecule has 8 heteroatoms. The number of anilines is 1. The van der Waals surface area contributed by atoms with E-state index >= 15 is 0 Å². The van der Waals surface area contributed by atoms with Crippen LogP contribution in [0.5, 0.6) is 0 Å². The Bertz CT molecular complexity index is 854. The van der Waals surface area contributed by atoms with E-state index in [1.54, 1.807) is 11.9 Å². The van der Waals surface area contributed by atoms with E-state index < -0.39 is 0 Å². The number of urea groups is 1. The molecule has 0 atom stereocenters. The highest BCUT2D eigenvalue weighted by atomic mass is 19.1. The highest BCUT2D eigenvalue weighted by Crippen LogP contribution is 2.16. The molecule has 0 radical (unpaired) electrons. The predicted molar refractivity (Wildman–Crippen MR) is 124 cm³/mol. The predicted octanol–water partition coefficient (Wildman–Crippen LogP) is 2.30. The molecule has 2 aromatic carbocycles. The molecule has 0 unspecified atom stereocenters. The molecule has 1 fully saturated rings. The maximum absolute atomic E-state index is 13.1. The molecule has 0 bridgehead atoms. The first kappa shape index (κ1) is 23.5. The first-order chi connectivity index (χ1) is 15.5. The highest BCUT2D eigenvalue weighted by Gasteiger charge is 2.17. The molecule has 1 saturated heterocycles. The van der Waals surface area contributed by atoms with Crippen molar-refractivity contribution in [1.29, 1.82) is 0 Å². The van der Waals surface area contributed by atoms with Crippen molar-refractivity contribution in [2.75, 3.05) is 57.8 Å². The zero-order valence-electron chi connectivity index (χ0n) is 18.6. The van der Waals surface area contributed by atoms with Crippen LogP contribution in [0, 0.1) is 5.82 Å². The van der Waals surface area contributed by atoms with E-state index in [1.165, 1.54) is 12.1 Å². The number of carbonyl (C=O) groups excluding carboxylic acids is 2. The van der Waals surface area contributed by atoms with Crippen LogP contribution in [0.15, 0.2) is 54.6 Å². The molecule has 0 saturated carbocycles. The zero-order valence-corrected chi connectivity index (χ0v) is 18.6. The van der Waals surface area contributed by atoms with E-state index in [2.05, 4.69) is 20.4 Å². The van der Waals surface area contributed by atoms with Crippen LogP contribution in [0.1, 0.15) is 12.0 Å². The van der Waals surface area contributed by atoms with Crippen LogP contribution in [-0.2, 0) is 11.3 Å². The molecular formula is C24H32FN5O2. The van der Waals surface area contributed by atoms with Crippen molar-refractivity contribution in [1.82, 2.24) is 20.4 Å². The largest absolute Gasteiger partial charge is 0.369 e. The van der Waals surface area contributed by atoms with E-state index in [-0.39, 0.29) is 24.2 Å². The lowest BCUT2D eigenvalue weighted by Gasteiger charge is -2.36. The van der Waals surface area contributed by atoms with Gasteiger partial charge in [0.1, 0.15) is 5.82 Å². The fourth-order valence-electron chi connectivity index (χ4n) is 3.67. The van der Waals surface area contributed by atoms with Gasteiger partial charge in [-0.15, -0.1) is 0 Å². The number of nitrogens with one attached hydrogen (secondary N) is 2. The van der Waals surface area contributed by atoms with Gasteiger partial charge in [-0.05, 0) is 29.8 Å². The van der Waals surface area contributed by atoms with Crippen molar-refractivity contribution in [2.24, 2.45) is 0 Å². The lowest BCUT2D eigenvalue weighted by Crippen LogP contribution is -2.48. The van der Waals surface area contributed by atoms with Crippen molar-refractivity contribution in [3.8, 4) is 0 Å². The topological polar surface area (TPSA) is 67.9 Å². The maximum Gasteiger partial charge on any atom is 0.317 e. The van der Waals surface area contributed by atoms with Gasteiger partial charge in [0.15, 0.2) is 0 Å². The number of benzene rings is 2. The molecule has 7 nitrogen and oxygen atoms in total. The summed E-state index contributed by atoms with van der Waals surface area (Å²) in [6.45, 7) is 5.75. The van der Waals surface area contributed by atoms with Crippen molar-refractivity contribution in [3.05, 3.63) is 66.0 Å². The van der Waals surface area contributed by atoms with Gasteiger partial charge >= 0.3 is 6.03 Å². The molecule has 0 aliphatic carbocycles. The summed E-state index contributed by atoms with van der Waals surface area (Å²) in [6, 6.07) is 16.2. The van der Waals surface area contributed by atoms with Gasteiger partial charge in [0.2, 0.25) is 5.91 Å². The minimum Gasteiger partial charge on any atom is -0.369 e. The first-order valence-electron chi connectivity index (χ1n) is 11.0. The summed E-state index contributed by atoms with van der Waals surface area (Å²) in [7, 11) is 1.73. The minimum absolute atomic E-state index is 0.0686. The number of carbonyl (C=O) groups is 2. The summed E-state index contributed by atoms with van der Waals surface area (Å²) in [5, 5.41) is 5.71. The third kappa shape index (κ3) is 7.53. The Hall–Kier alpha value is -3.13. The van der Waals surface area contributed by atoms with E-state index in [1.807, 2.05) is 42.5 Å². The molecule has 2 aromatic rings. The van der Waals surface area contributed by atoms with Crippen LogP contribution < -0.4 is 15.5 Å². The second kappa shape index (κ2) is 12.0. The molecule has 1 aliphatic heterocycles. The van der Waals surface area contributed by atoms with Gasteiger partial charge < -0.3 is 20.4 Å². The van der Waals surface area contributed by atoms with Crippen molar-refractivity contribution in [2.45, 2.75) is 13.0 Å². The normalized spacial score (nSPS) is 14.1. The number of nitrogens with zero attached hydrogens (tertiary/aromatic N) is 3. The first-order valence-corrected chi connectivity index (χ1v) is 11.0. The van der Waals surface area contributed by atoms with Gasteiger partial charge in [-0.2, -0.15) is 0 Å². The smallest absolute Gasteiger partial charge is 0.317 e. The van der Waals surface area contributed by atoms with Gasteiger partial charge in [-0.1, -0.05) is 30.3 Å². The summed E-state index contributed by atoms with van der Waals surface area (Å²) in [5.74, 6) is -0.289. The number of amides is 3. The number of hydrogen-bond acceptors (Lipinski definition) is 4. The SMILES string of the molecule is CN(Cc1ccccc1)C(=O)NCCC(=O)NCCN1CCN(c2ccc(F)cc2)CC1. The Morgan fingerprint density at radius 2 is 1.62 bits per heavy atom. The fourth-order valence-corrected chi connectivity index (χ4v) is 3.67. The molecule has 0 aromatic heterocycles. The lowest BCUT2D eigenvalue weighted by molar-refractivity contribution is -0.121. The molecule has 172 valence electrons. The summed E-state index contributed by atoms with van der Waals surface area (Å²) in [5.41, 5.74) is 2.09. The average molecular weight is 442 g/mol. The van der Waals surface area contributed by atoms with Crippen LogP contribution in [0.4, 0.5) is 14.9 Å². The monoisotopic (exact) mass is 441 g/mol. The van der Waals surface area contributed by atoms with Crippen LogP contribution in [-0.4, -0.2) is 74.6 Å². The summed E-state index contributed by atoms with van der Waals surface area (Å²) in [4.78, 5) is 30.4. The fraction of sp³-hybridized carbons (Fsp3) is 0.417. The number of halogens is 1. The van der Waals surface area contributed by atoms with Gasteiger partial charge in [0, 0.05) is 71.5 Å². The lowest BCUT2D eigenvalue weighted by atomic mass is 10.2. The molecule has 32 heavy (non-hydrogen) atoms. The molecule has 1 aliphatic rings. The quantitative estimate of drug-likeness (QED) is 0.627. The molecule has 0 spiro atoms. The van der Waals surface area contributed by atoms with E-state index in [0.717, 1.165) is 44.0 Å². The van der Waals surface area contributed by atoms with Gasteiger partial charge in [-0.3, -0.25) is 9.69 Å². The Balaban J connectivity index is 1.25. The molecule has 1 heterocycles. The third-order valence-electron chi connectivity index (χ3n) is 5.55. The van der Waals surface area contributed by atoms with Crippen molar-refractivity contribution >= 4 is 17.6 Å². The average Bonchev–Trinajstić information content (AvgIpc) is 2.80. The molecule has 3 rings (SSSR count).